The van der Waals surface area contributed by atoms with Gasteiger partial charge < -0.3 is 15.4 Å². The van der Waals surface area contributed by atoms with Crippen LogP contribution < -0.4 is 20.1 Å². The van der Waals surface area contributed by atoms with E-state index in [2.05, 4.69) is 20.3 Å². The van der Waals surface area contributed by atoms with Crippen LogP contribution in [0.4, 0.5) is 25.1 Å². The molecule has 0 aliphatic rings. The van der Waals surface area contributed by atoms with Gasteiger partial charge in [-0.15, -0.1) is 0 Å². The highest BCUT2D eigenvalue weighted by Crippen LogP contribution is 2.23. The molecule has 8 nitrogen and oxygen atoms in total. The molecule has 11 heteroatoms. The summed E-state index contributed by atoms with van der Waals surface area (Å²) in [5, 5.41) is 4.89. The molecule has 0 saturated carbocycles. The zero-order valence-corrected chi connectivity index (χ0v) is 15.8. The highest BCUT2D eigenvalue weighted by molar-refractivity contribution is 7.92. The van der Waals surface area contributed by atoms with Crippen LogP contribution in [-0.4, -0.2) is 44.8 Å². The molecule has 0 fully saturated rings. The molecule has 2 rings (SSSR count). The molecule has 0 bridgehead atoms. The van der Waals surface area contributed by atoms with Gasteiger partial charge in [0.15, 0.2) is 0 Å². The van der Waals surface area contributed by atoms with Crippen LogP contribution in [0, 0.1) is 6.92 Å². The maximum absolute atomic E-state index is 12.3. The monoisotopic (exact) mass is 414 g/mol. The molecule has 0 saturated heterocycles. The number of carbonyl (C=O) groups is 1. The third-order valence-corrected chi connectivity index (χ3v) is 4.65. The largest absolute Gasteiger partial charge is 0.487 e. The van der Waals surface area contributed by atoms with Gasteiger partial charge in [-0.2, -0.15) is 0 Å². The Balaban J connectivity index is 1.83. The Morgan fingerprint density at radius 2 is 2.04 bits per heavy atom. The number of anilines is 2. The predicted octanol–water partition coefficient (Wildman–Crippen LogP) is 2.60. The van der Waals surface area contributed by atoms with Crippen molar-refractivity contribution in [1.29, 1.82) is 0 Å². The van der Waals surface area contributed by atoms with Crippen molar-refractivity contribution in [2.45, 2.75) is 13.3 Å². The van der Waals surface area contributed by atoms with Crippen LogP contribution in [0.3, 0.4) is 0 Å². The van der Waals surface area contributed by atoms with E-state index in [1.807, 2.05) is 0 Å². The molecule has 2 aromatic rings. The normalized spacial score (nSPS) is 11.1. The molecule has 0 radical (unpaired) electrons. The van der Waals surface area contributed by atoms with Crippen LogP contribution in [0.2, 0.25) is 0 Å². The summed E-state index contributed by atoms with van der Waals surface area (Å²) < 4.78 is 55.7. The van der Waals surface area contributed by atoms with Crippen LogP contribution in [0.1, 0.15) is 5.56 Å². The summed E-state index contributed by atoms with van der Waals surface area (Å²) in [4.78, 5) is 15.8. The summed E-state index contributed by atoms with van der Waals surface area (Å²) >= 11 is 0. The van der Waals surface area contributed by atoms with E-state index < -0.39 is 29.1 Å². The number of ether oxygens (including phenoxy) is 1. The molecule has 1 heterocycles. The maximum atomic E-state index is 12.3. The van der Waals surface area contributed by atoms with Crippen LogP contribution in [0.25, 0.3) is 0 Å². The average molecular weight is 414 g/mol. The van der Waals surface area contributed by atoms with E-state index in [9.17, 15) is 22.0 Å². The molecule has 0 aliphatic heterocycles. The minimum atomic E-state index is -3.68. The van der Waals surface area contributed by atoms with E-state index >= 15 is 0 Å². The van der Waals surface area contributed by atoms with E-state index in [1.54, 1.807) is 31.2 Å². The number of halogens is 2. The van der Waals surface area contributed by atoms with Crippen LogP contribution >= 0.6 is 0 Å². The summed E-state index contributed by atoms with van der Waals surface area (Å²) in [6.45, 7) is 0.788. The number of aromatic nitrogens is 1. The number of nitrogens with one attached hydrogen (secondary N) is 3. The second-order valence-electron chi connectivity index (χ2n) is 5.70. The van der Waals surface area contributed by atoms with Gasteiger partial charge in [0.2, 0.25) is 10.0 Å². The molecule has 3 N–H and O–H groups in total. The highest BCUT2D eigenvalue weighted by Gasteiger charge is 2.12. The van der Waals surface area contributed by atoms with Gasteiger partial charge in [0.1, 0.15) is 18.2 Å². The van der Waals surface area contributed by atoms with Crippen molar-refractivity contribution >= 4 is 27.6 Å². The fourth-order valence-electron chi connectivity index (χ4n) is 2.09. The number of amides is 2. The molecular weight excluding hydrogens is 394 g/mol. The zero-order chi connectivity index (χ0) is 20.6. The van der Waals surface area contributed by atoms with Crippen molar-refractivity contribution < 1.29 is 26.7 Å². The van der Waals surface area contributed by atoms with Gasteiger partial charge in [-0.3, -0.25) is 4.72 Å². The molecule has 0 atom stereocenters. The Morgan fingerprint density at radius 1 is 1.25 bits per heavy atom. The summed E-state index contributed by atoms with van der Waals surface area (Å²) in [5.74, 6) is 0.0522. The van der Waals surface area contributed by atoms with Crippen molar-refractivity contribution in [2.75, 3.05) is 28.9 Å². The minimum Gasteiger partial charge on any atom is -0.487 e. The number of hydrogen-bond donors (Lipinski definition) is 3. The Hall–Kier alpha value is -2.95. The number of pyridine rings is 1. The summed E-state index contributed by atoms with van der Waals surface area (Å²) in [7, 11) is -3.68. The first-order chi connectivity index (χ1) is 13.2. The predicted molar refractivity (Wildman–Crippen MR) is 101 cm³/mol. The summed E-state index contributed by atoms with van der Waals surface area (Å²) in [6.07, 6.45) is -1.16. The number of rotatable bonds is 9. The third-order valence-electron chi connectivity index (χ3n) is 3.39. The quantitative estimate of drug-likeness (QED) is 0.584. The Bertz CT molecular complexity index is 895. The molecule has 28 heavy (non-hydrogen) atoms. The molecule has 152 valence electrons. The molecule has 0 aliphatic carbocycles. The summed E-state index contributed by atoms with van der Waals surface area (Å²) in [6, 6.07) is 8.74. The third kappa shape index (κ3) is 7.35. The first-order valence-corrected chi connectivity index (χ1v) is 9.88. The van der Waals surface area contributed by atoms with Crippen molar-refractivity contribution in [1.82, 2.24) is 10.3 Å². The maximum Gasteiger partial charge on any atom is 0.319 e. The number of nitrogens with zero attached hydrogens (tertiary/aromatic N) is 1. The lowest BCUT2D eigenvalue weighted by Gasteiger charge is -2.12. The lowest BCUT2D eigenvalue weighted by atomic mass is 10.2. The lowest BCUT2D eigenvalue weighted by Crippen LogP contribution is -2.34. The fraction of sp³-hybridized carbons (Fsp3) is 0.294. The smallest absolute Gasteiger partial charge is 0.319 e. The van der Waals surface area contributed by atoms with Crippen LogP contribution in [0.5, 0.6) is 5.75 Å². The van der Waals surface area contributed by atoms with Crippen molar-refractivity contribution in [3.63, 3.8) is 0 Å². The van der Waals surface area contributed by atoms with Gasteiger partial charge in [0, 0.05) is 24.5 Å². The molecule has 0 unspecified atom stereocenters. The van der Waals surface area contributed by atoms with Crippen LogP contribution in [-0.2, 0) is 10.0 Å². The molecule has 0 spiro atoms. The average Bonchev–Trinajstić information content (AvgIpc) is 2.62. The Labute approximate surface area is 161 Å². The van der Waals surface area contributed by atoms with Crippen molar-refractivity contribution in [3.05, 3.63) is 48.2 Å². The molecule has 2 amide bonds. The number of alkyl halides is 2. The second-order valence-corrected chi connectivity index (χ2v) is 7.54. The van der Waals surface area contributed by atoms with Gasteiger partial charge in [-0.05, 0) is 30.7 Å². The number of urea groups is 1. The first-order valence-electron chi connectivity index (χ1n) is 8.23. The number of aryl methyl sites for hydroxylation is 1. The molecular formula is C17H20F2N4O4S. The van der Waals surface area contributed by atoms with Gasteiger partial charge in [-0.25, -0.2) is 27.0 Å². The van der Waals surface area contributed by atoms with E-state index in [0.717, 1.165) is 0 Å². The van der Waals surface area contributed by atoms with E-state index in [1.165, 1.54) is 18.3 Å². The Morgan fingerprint density at radius 3 is 2.71 bits per heavy atom. The number of carbonyl (C=O) groups excluding carboxylic acids is 1. The molecule has 1 aromatic heterocycles. The van der Waals surface area contributed by atoms with E-state index in [0.29, 0.717) is 11.3 Å². The van der Waals surface area contributed by atoms with E-state index in [-0.39, 0.29) is 23.9 Å². The van der Waals surface area contributed by atoms with Crippen molar-refractivity contribution in [3.8, 4) is 5.75 Å². The number of benzene rings is 1. The number of sulfonamides is 1. The van der Waals surface area contributed by atoms with Gasteiger partial charge in [0.25, 0.3) is 6.43 Å². The second kappa shape index (κ2) is 9.83. The van der Waals surface area contributed by atoms with Crippen molar-refractivity contribution in [2.24, 2.45) is 0 Å². The SMILES string of the molecule is Cc1ccc(NC(=O)NCCS(=O)(=O)Nc2ccccn2)cc1OCC(F)F. The lowest BCUT2D eigenvalue weighted by molar-refractivity contribution is 0.0816. The van der Waals surface area contributed by atoms with Gasteiger partial charge in [0.05, 0.1) is 5.75 Å². The minimum absolute atomic E-state index is 0.144. The fourth-order valence-corrected chi connectivity index (χ4v) is 3.01. The standard InChI is InChI=1S/C17H20F2N4O4S/c1-12-5-6-13(10-14(12)27-11-15(18)19)22-17(24)21-8-9-28(25,26)23-16-4-2-3-7-20-16/h2-7,10,15H,8-9,11H2,1H3,(H,20,23)(H2,21,22,24). The molecule has 1 aromatic carbocycles. The van der Waals surface area contributed by atoms with Crippen LogP contribution in [0.15, 0.2) is 42.6 Å². The Kier molecular flexibility index (Phi) is 7.50. The number of hydrogen-bond acceptors (Lipinski definition) is 5. The highest BCUT2D eigenvalue weighted by atomic mass is 32.2. The van der Waals surface area contributed by atoms with Gasteiger partial charge in [-0.1, -0.05) is 12.1 Å². The van der Waals surface area contributed by atoms with Gasteiger partial charge >= 0.3 is 6.03 Å². The zero-order valence-electron chi connectivity index (χ0n) is 15.0. The van der Waals surface area contributed by atoms with E-state index in [4.69, 9.17) is 4.74 Å². The summed E-state index contributed by atoms with van der Waals surface area (Å²) in [5.41, 5.74) is 0.958. The topological polar surface area (TPSA) is 109 Å². The first kappa shape index (κ1) is 21.4.